The van der Waals surface area contributed by atoms with Crippen LogP contribution in [0.3, 0.4) is 0 Å². The lowest BCUT2D eigenvalue weighted by atomic mass is 10.0. The Bertz CT molecular complexity index is 567. The van der Waals surface area contributed by atoms with Gasteiger partial charge in [0.1, 0.15) is 17.4 Å². The first-order valence-corrected chi connectivity index (χ1v) is 5.81. The molecule has 1 nitrogen and oxygen atoms in total. The van der Waals surface area contributed by atoms with Gasteiger partial charge in [-0.15, -0.1) is 0 Å². The van der Waals surface area contributed by atoms with E-state index in [1.165, 1.54) is 24.3 Å². The maximum atomic E-state index is 13.6. The standard InChI is InChI=1S/C12H6BrClF2O/c13-11-9(16)5-4-6(12(11)17)10-7(14)2-1-3-8(10)15/h1-5,17H. The Labute approximate surface area is 110 Å². The molecule has 0 radical (unpaired) electrons. The molecule has 0 atom stereocenters. The van der Waals surface area contributed by atoms with Crippen molar-refractivity contribution in [2.24, 2.45) is 0 Å². The predicted molar refractivity (Wildman–Crippen MR) is 66.2 cm³/mol. The summed E-state index contributed by atoms with van der Waals surface area (Å²) in [6.07, 6.45) is 0. The fourth-order valence-corrected chi connectivity index (χ4v) is 2.11. The second-order valence-corrected chi connectivity index (χ2v) is 4.55. The molecule has 2 aromatic carbocycles. The van der Waals surface area contributed by atoms with Gasteiger partial charge in [-0.05, 0) is 40.2 Å². The van der Waals surface area contributed by atoms with Crippen LogP contribution in [0.2, 0.25) is 5.02 Å². The van der Waals surface area contributed by atoms with E-state index in [0.29, 0.717) is 0 Å². The normalized spacial score (nSPS) is 10.6. The number of rotatable bonds is 1. The quantitative estimate of drug-likeness (QED) is 0.804. The third-order valence-corrected chi connectivity index (χ3v) is 3.37. The zero-order valence-corrected chi connectivity index (χ0v) is 10.7. The monoisotopic (exact) mass is 318 g/mol. The number of phenolic OH excluding ortho intramolecular Hbond substituents is 1. The van der Waals surface area contributed by atoms with Gasteiger partial charge in [0.15, 0.2) is 0 Å². The van der Waals surface area contributed by atoms with Gasteiger partial charge in [-0.2, -0.15) is 0 Å². The van der Waals surface area contributed by atoms with Crippen LogP contribution in [0.1, 0.15) is 0 Å². The van der Waals surface area contributed by atoms with Crippen LogP contribution < -0.4 is 0 Å². The molecule has 0 aliphatic rings. The van der Waals surface area contributed by atoms with E-state index < -0.39 is 11.6 Å². The van der Waals surface area contributed by atoms with Gasteiger partial charge in [0.05, 0.1) is 9.50 Å². The van der Waals surface area contributed by atoms with E-state index in [0.717, 1.165) is 6.07 Å². The van der Waals surface area contributed by atoms with Crippen LogP contribution in [-0.2, 0) is 0 Å². The lowest BCUT2D eigenvalue weighted by Crippen LogP contribution is -1.89. The molecule has 2 rings (SSSR count). The molecule has 0 aliphatic heterocycles. The summed E-state index contributed by atoms with van der Waals surface area (Å²) in [4.78, 5) is 0. The summed E-state index contributed by atoms with van der Waals surface area (Å²) in [6, 6.07) is 6.58. The molecule has 0 bridgehead atoms. The van der Waals surface area contributed by atoms with E-state index in [1.807, 2.05) is 0 Å². The minimum absolute atomic E-state index is 0.0485. The molecule has 0 unspecified atom stereocenters. The minimum atomic E-state index is -0.626. The van der Waals surface area contributed by atoms with Gasteiger partial charge in [-0.1, -0.05) is 17.7 Å². The van der Waals surface area contributed by atoms with Gasteiger partial charge in [0.25, 0.3) is 0 Å². The van der Waals surface area contributed by atoms with Crippen LogP contribution in [-0.4, -0.2) is 5.11 Å². The number of halogens is 4. The number of hydrogen-bond donors (Lipinski definition) is 1. The van der Waals surface area contributed by atoms with E-state index in [-0.39, 0.29) is 26.4 Å². The van der Waals surface area contributed by atoms with Crippen molar-refractivity contribution in [2.75, 3.05) is 0 Å². The number of aromatic hydroxyl groups is 1. The first-order valence-electron chi connectivity index (χ1n) is 4.63. The molecule has 0 amide bonds. The van der Waals surface area contributed by atoms with Crippen LogP contribution in [0, 0.1) is 11.6 Å². The Balaban J connectivity index is 2.74. The summed E-state index contributed by atoms with van der Waals surface area (Å²) >= 11 is 8.75. The summed E-state index contributed by atoms with van der Waals surface area (Å²) in [6.45, 7) is 0. The van der Waals surface area contributed by atoms with Gasteiger partial charge in [0, 0.05) is 11.1 Å². The molecule has 17 heavy (non-hydrogen) atoms. The second kappa shape index (κ2) is 4.63. The largest absolute Gasteiger partial charge is 0.506 e. The highest BCUT2D eigenvalue weighted by Crippen LogP contribution is 2.40. The van der Waals surface area contributed by atoms with Crippen molar-refractivity contribution in [1.82, 2.24) is 0 Å². The molecule has 0 saturated carbocycles. The van der Waals surface area contributed by atoms with Crippen LogP contribution in [0.15, 0.2) is 34.8 Å². The Morgan fingerprint density at radius 2 is 1.76 bits per heavy atom. The fourth-order valence-electron chi connectivity index (χ4n) is 1.50. The van der Waals surface area contributed by atoms with Crippen LogP contribution in [0.4, 0.5) is 8.78 Å². The third kappa shape index (κ3) is 2.15. The molecule has 0 spiro atoms. The van der Waals surface area contributed by atoms with Crippen LogP contribution in [0.5, 0.6) is 5.75 Å². The zero-order chi connectivity index (χ0) is 12.6. The SMILES string of the molecule is Oc1c(-c2c(F)cccc2Cl)ccc(F)c1Br. The molecule has 88 valence electrons. The van der Waals surface area contributed by atoms with Gasteiger partial charge in [-0.25, -0.2) is 8.78 Å². The highest BCUT2D eigenvalue weighted by molar-refractivity contribution is 9.10. The molecule has 0 aromatic heterocycles. The van der Waals surface area contributed by atoms with Crippen molar-refractivity contribution >= 4 is 27.5 Å². The Morgan fingerprint density at radius 3 is 2.41 bits per heavy atom. The van der Waals surface area contributed by atoms with E-state index in [4.69, 9.17) is 11.6 Å². The predicted octanol–water partition coefficient (Wildman–Crippen LogP) is 4.75. The molecule has 1 N–H and O–H groups in total. The first kappa shape index (κ1) is 12.3. The van der Waals surface area contributed by atoms with Gasteiger partial charge in [0.2, 0.25) is 0 Å². The molecule has 0 heterocycles. The van der Waals surface area contributed by atoms with Gasteiger partial charge in [-0.3, -0.25) is 0 Å². The molecular weight excluding hydrogens is 313 g/mol. The molecule has 2 aromatic rings. The highest BCUT2D eigenvalue weighted by atomic mass is 79.9. The van der Waals surface area contributed by atoms with Crippen LogP contribution in [0.25, 0.3) is 11.1 Å². The van der Waals surface area contributed by atoms with Crippen molar-refractivity contribution in [2.45, 2.75) is 0 Å². The maximum absolute atomic E-state index is 13.6. The van der Waals surface area contributed by atoms with Crippen molar-refractivity contribution in [3.05, 3.63) is 51.5 Å². The molecule has 0 aliphatic carbocycles. The zero-order valence-electron chi connectivity index (χ0n) is 8.35. The fraction of sp³-hybridized carbons (Fsp3) is 0. The topological polar surface area (TPSA) is 20.2 Å². The van der Waals surface area contributed by atoms with Gasteiger partial charge < -0.3 is 5.11 Å². The number of phenols is 1. The average Bonchev–Trinajstić information content (AvgIpc) is 2.29. The van der Waals surface area contributed by atoms with E-state index in [2.05, 4.69) is 15.9 Å². The third-order valence-electron chi connectivity index (χ3n) is 2.30. The maximum Gasteiger partial charge on any atom is 0.141 e. The number of hydrogen-bond acceptors (Lipinski definition) is 1. The van der Waals surface area contributed by atoms with Crippen molar-refractivity contribution in [3.63, 3.8) is 0 Å². The lowest BCUT2D eigenvalue weighted by molar-refractivity contribution is 0.465. The molecule has 5 heteroatoms. The summed E-state index contributed by atoms with van der Waals surface area (Å²) in [5.41, 5.74) is 0.189. The van der Waals surface area contributed by atoms with Crippen molar-refractivity contribution in [3.8, 4) is 16.9 Å². The van der Waals surface area contributed by atoms with E-state index in [9.17, 15) is 13.9 Å². The first-order chi connectivity index (χ1) is 8.02. The van der Waals surface area contributed by atoms with Gasteiger partial charge >= 0.3 is 0 Å². The molecular formula is C12H6BrClF2O. The highest BCUT2D eigenvalue weighted by Gasteiger charge is 2.17. The summed E-state index contributed by atoms with van der Waals surface area (Å²) < 4.78 is 26.7. The summed E-state index contributed by atoms with van der Waals surface area (Å²) in [5, 5.41) is 9.92. The van der Waals surface area contributed by atoms with E-state index in [1.54, 1.807) is 0 Å². The average molecular weight is 320 g/mol. The lowest BCUT2D eigenvalue weighted by Gasteiger charge is -2.09. The Hall–Kier alpha value is -1.13. The summed E-state index contributed by atoms with van der Waals surface area (Å²) in [5.74, 6) is -1.58. The Kier molecular flexibility index (Phi) is 3.35. The van der Waals surface area contributed by atoms with Crippen molar-refractivity contribution < 1.29 is 13.9 Å². The second-order valence-electron chi connectivity index (χ2n) is 3.35. The minimum Gasteiger partial charge on any atom is -0.506 e. The van der Waals surface area contributed by atoms with E-state index >= 15 is 0 Å². The Morgan fingerprint density at radius 1 is 1.06 bits per heavy atom. The molecule has 0 fully saturated rings. The van der Waals surface area contributed by atoms with Crippen LogP contribution >= 0.6 is 27.5 Å². The molecule has 0 saturated heterocycles. The number of benzene rings is 2. The van der Waals surface area contributed by atoms with Crippen molar-refractivity contribution in [1.29, 1.82) is 0 Å². The summed E-state index contributed by atoms with van der Waals surface area (Å²) in [7, 11) is 0. The smallest absolute Gasteiger partial charge is 0.141 e.